The number of nitrogen functional groups attached to an aromatic ring is 1. The lowest BCUT2D eigenvalue weighted by atomic mass is 10.5. The highest BCUT2D eigenvalue weighted by molar-refractivity contribution is 7.19. The lowest BCUT2D eigenvalue weighted by molar-refractivity contribution is 0.147. The summed E-state index contributed by atoms with van der Waals surface area (Å²) in [5.74, 6) is 4.93. The molecule has 7 heteroatoms. The first-order valence-corrected chi connectivity index (χ1v) is 3.75. The average Bonchev–Trinajstić information content (AvgIpc) is 2.30. The number of hydrazine groups is 1. The minimum atomic E-state index is -2.65. The van der Waals surface area contributed by atoms with E-state index < -0.39 is 12.1 Å². The number of hydrogen-bond donors (Lipinski definition) is 2. The number of halogens is 3. The topological polar surface area (TPSA) is 50.9 Å². The number of thiazole rings is 1. The van der Waals surface area contributed by atoms with E-state index in [-0.39, 0.29) is 9.47 Å². The zero-order valence-corrected chi connectivity index (χ0v) is 6.72. The fourth-order valence-corrected chi connectivity index (χ4v) is 1.47. The van der Waals surface area contributed by atoms with Crippen LogP contribution in [0.4, 0.5) is 13.9 Å². The zero-order chi connectivity index (χ0) is 8.43. The largest absolute Gasteiger partial charge is 0.300 e. The molecule has 0 aliphatic rings. The quantitative estimate of drug-likeness (QED) is 0.566. The predicted molar refractivity (Wildman–Crippen MR) is 39.9 cm³/mol. The highest BCUT2D eigenvalue weighted by Crippen LogP contribution is 2.33. The van der Waals surface area contributed by atoms with Gasteiger partial charge in [-0.15, -0.1) is 0 Å². The molecule has 0 atom stereocenters. The molecule has 1 rings (SSSR count). The standard InChI is InChI=1S/C4H4ClF2N3S/c5-2-1(3(6)7)9-4(10-8)11-2/h3H,8H2,(H,9,10). The van der Waals surface area contributed by atoms with Crippen molar-refractivity contribution >= 4 is 28.1 Å². The summed E-state index contributed by atoms with van der Waals surface area (Å²) < 4.78 is 23.9. The molecule has 11 heavy (non-hydrogen) atoms. The van der Waals surface area contributed by atoms with Crippen molar-refractivity contribution in [2.24, 2.45) is 5.84 Å². The highest BCUT2D eigenvalue weighted by Gasteiger charge is 2.17. The second-order valence-corrected chi connectivity index (χ2v) is 3.22. The Hall–Kier alpha value is -0.460. The van der Waals surface area contributed by atoms with Gasteiger partial charge in [-0.05, 0) is 0 Å². The summed E-state index contributed by atoms with van der Waals surface area (Å²) >= 11 is 6.28. The average molecular weight is 200 g/mol. The second-order valence-electron chi connectivity index (χ2n) is 1.62. The molecular weight excluding hydrogens is 196 g/mol. The normalized spacial score (nSPS) is 10.6. The van der Waals surface area contributed by atoms with Crippen LogP contribution in [0.5, 0.6) is 0 Å². The molecule has 0 saturated carbocycles. The molecule has 3 N–H and O–H groups in total. The Bertz CT molecular complexity index is 251. The van der Waals surface area contributed by atoms with Gasteiger partial charge in [0.05, 0.1) is 0 Å². The van der Waals surface area contributed by atoms with E-state index in [9.17, 15) is 8.78 Å². The minimum Gasteiger partial charge on any atom is -0.300 e. The third-order valence-corrected chi connectivity index (χ3v) is 2.16. The van der Waals surface area contributed by atoms with Gasteiger partial charge in [0.15, 0.2) is 5.13 Å². The van der Waals surface area contributed by atoms with Gasteiger partial charge in [0.25, 0.3) is 6.43 Å². The number of nitrogens with one attached hydrogen (secondary N) is 1. The monoisotopic (exact) mass is 199 g/mol. The van der Waals surface area contributed by atoms with E-state index in [1.165, 1.54) is 0 Å². The van der Waals surface area contributed by atoms with Crippen LogP contribution in [0.2, 0.25) is 4.34 Å². The summed E-state index contributed by atoms with van der Waals surface area (Å²) in [7, 11) is 0. The maximum Gasteiger partial charge on any atom is 0.282 e. The SMILES string of the molecule is NNc1nc(C(F)F)c(Cl)s1. The number of nitrogens with zero attached hydrogens (tertiary/aromatic N) is 1. The number of alkyl halides is 2. The molecule has 0 spiro atoms. The Morgan fingerprint density at radius 3 is 2.55 bits per heavy atom. The number of nitrogens with two attached hydrogens (primary N) is 1. The van der Waals surface area contributed by atoms with Crippen molar-refractivity contribution in [3.05, 3.63) is 10.0 Å². The maximum absolute atomic E-state index is 12.0. The molecule has 0 amide bonds. The molecule has 1 heterocycles. The highest BCUT2D eigenvalue weighted by atomic mass is 35.5. The number of hydrogen-bond acceptors (Lipinski definition) is 4. The Morgan fingerprint density at radius 2 is 2.27 bits per heavy atom. The van der Waals surface area contributed by atoms with Gasteiger partial charge in [0.1, 0.15) is 10.0 Å². The summed E-state index contributed by atoms with van der Waals surface area (Å²) in [6, 6.07) is 0. The second kappa shape index (κ2) is 3.29. The van der Waals surface area contributed by atoms with E-state index in [0.717, 1.165) is 11.3 Å². The van der Waals surface area contributed by atoms with Gasteiger partial charge < -0.3 is 0 Å². The number of aromatic nitrogens is 1. The van der Waals surface area contributed by atoms with E-state index >= 15 is 0 Å². The maximum atomic E-state index is 12.0. The molecular formula is C4H4ClF2N3S. The fourth-order valence-electron chi connectivity index (χ4n) is 0.510. The molecule has 0 aliphatic heterocycles. The third kappa shape index (κ3) is 1.76. The van der Waals surface area contributed by atoms with Gasteiger partial charge in [-0.3, -0.25) is 5.43 Å². The Kier molecular flexibility index (Phi) is 2.58. The van der Waals surface area contributed by atoms with Crippen LogP contribution in [-0.4, -0.2) is 4.98 Å². The summed E-state index contributed by atoms with van der Waals surface area (Å²) in [4.78, 5) is 3.43. The Balaban J connectivity index is 2.97. The summed E-state index contributed by atoms with van der Waals surface area (Å²) in [5.41, 5.74) is 1.71. The third-order valence-electron chi connectivity index (χ3n) is 0.940. The first-order valence-electron chi connectivity index (χ1n) is 2.56. The van der Waals surface area contributed by atoms with Crippen LogP contribution in [0, 0.1) is 0 Å². The van der Waals surface area contributed by atoms with Crippen LogP contribution in [-0.2, 0) is 0 Å². The predicted octanol–water partition coefficient (Wildman–Crippen LogP) is 2.02. The van der Waals surface area contributed by atoms with Crippen molar-refractivity contribution in [1.82, 2.24) is 4.98 Å². The molecule has 0 fully saturated rings. The Labute approximate surface area is 70.2 Å². The molecule has 0 aromatic carbocycles. The molecule has 62 valence electrons. The van der Waals surface area contributed by atoms with Crippen LogP contribution in [0.15, 0.2) is 0 Å². The van der Waals surface area contributed by atoms with Crippen molar-refractivity contribution in [1.29, 1.82) is 0 Å². The molecule has 0 aliphatic carbocycles. The van der Waals surface area contributed by atoms with Gasteiger partial charge in [-0.1, -0.05) is 22.9 Å². The zero-order valence-electron chi connectivity index (χ0n) is 5.14. The molecule has 0 unspecified atom stereocenters. The van der Waals surface area contributed by atoms with E-state index in [0.29, 0.717) is 0 Å². The molecule has 0 saturated heterocycles. The van der Waals surface area contributed by atoms with E-state index in [4.69, 9.17) is 17.4 Å². The van der Waals surface area contributed by atoms with Crippen LogP contribution in [0.1, 0.15) is 12.1 Å². The number of anilines is 1. The molecule has 1 aromatic rings. The van der Waals surface area contributed by atoms with Gasteiger partial charge in [-0.25, -0.2) is 19.6 Å². The minimum absolute atomic E-state index is 0.0343. The summed E-state index contributed by atoms with van der Waals surface area (Å²) in [6.07, 6.45) is -2.65. The molecule has 3 nitrogen and oxygen atoms in total. The van der Waals surface area contributed by atoms with E-state index in [1.807, 2.05) is 0 Å². The molecule has 1 aromatic heterocycles. The van der Waals surface area contributed by atoms with E-state index in [1.54, 1.807) is 0 Å². The van der Waals surface area contributed by atoms with Gasteiger partial charge >= 0.3 is 0 Å². The van der Waals surface area contributed by atoms with Crippen LogP contribution >= 0.6 is 22.9 Å². The summed E-state index contributed by atoms with van der Waals surface area (Å²) in [5, 5.41) is 0.185. The Morgan fingerprint density at radius 1 is 1.64 bits per heavy atom. The van der Waals surface area contributed by atoms with E-state index in [2.05, 4.69) is 10.4 Å². The van der Waals surface area contributed by atoms with Gasteiger partial charge in [0, 0.05) is 0 Å². The van der Waals surface area contributed by atoms with Crippen LogP contribution in [0.3, 0.4) is 0 Å². The fraction of sp³-hybridized carbons (Fsp3) is 0.250. The van der Waals surface area contributed by atoms with Crippen molar-refractivity contribution in [2.75, 3.05) is 5.43 Å². The summed E-state index contributed by atoms with van der Waals surface area (Å²) in [6.45, 7) is 0. The first-order chi connectivity index (χ1) is 5.15. The number of rotatable bonds is 2. The molecule has 0 bridgehead atoms. The smallest absolute Gasteiger partial charge is 0.282 e. The lowest BCUT2D eigenvalue weighted by Crippen LogP contribution is -2.06. The van der Waals surface area contributed by atoms with Crippen molar-refractivity contribution in [2.45, 2.75) is 6.43 Å². The van der Waals surface area contributed by atoms with Crippen molar-refractivity contribution < 1.29 is 8.78 Å². The lowest BCUT2D eigenvalue weighted by Gasteiger charge is -1.91. The van der Waals surface area contributed by atoms with Crippen molar-refractivity contribution in [3.63, 3.8) is 0 Å². The molecule has 0 radical (unpaired) electrons. The first kappa shape index (κ1) is 8.63. The van der Waals surface area contributed by atoms with Crippen molar-refractivity contribution in [3.8, 4) is 0 Å². The van der Waals surface area contributed by atoms with Gasteiger partial charge in [0.2, 0.25) is 0 Å². The van der Waals surface area contributed by atoms with Crippen LogP contribution < -0.4 is 11.3 Å². The van der Waals surface area contributed by atoms with Gasteiger partial charge in [-0.2, -0.15) is 0 Å². The van der Waals surface area contributed by atoms with Crippen LogP contribution in [0.25, 0.3) is 0 Å².